The lowest BCUT2D eigenvalue weighted by atomic mass is 9.49. The van der Waals surface area contributed by atoms with E-state index < -0.39 is 0 Å². The highest BCUT2D eigenvalue weighted by atomic mass is 16.3. The molecule has 2 aliphatic heterocycles. The van der Waals surface area contributed by atoms with Crippen molar-refractivity contribution in [3.05, 3.63) is 24.2 Å². The van der Waals surface area contributed by atoms with Crippen LogP contribution in [-0.4, -0.2) is 53.2 Å². The SMILES string of the molecule is O=C(NCc1ccco1)C1CCN(C(=O)C2CCCN2C(=O)C23CC4CC(CC(C4)C2)C3)CC1. The van der Waals surface area contributed by atoms with E-state index in [0.29, 0.717) is 32.5 Å². The average molecular weight is 468 g/mol. The molecule has 0 radical (unpaired) electrons. The molecule has 0 aromatic carbocycles. The fraction of sp³-hybridized carbons (Fsp3) is 0.741. The van der Waals surface area contributed by atoms with E-state index in [1.165, 1.54) is 19.3 Å². The van der Waals surface area contributed by atoms with Gasteiger partial charge >= 0.3 is 0 Å². The largest absolute Gasteiger partial charge is 0.467 e. The molecule has 34 heavy (non-hydrogen) atoms. The van der Waals surface area contributed by atoms with Crippen LogP contribution in [0.2, 0.25) is 0 Å². The monoisotopic (exact) mass is 467 g/mol. The third-order valence-corrected chi connectivity index (χ3v) is 9.49. The molecule has 4 aliphatic carbocycles. The zero-order valence-corrected chi connectivity index (χ0v) is 20.0. The van der Waals surface area contributed by atoms with Crippen molar-refractivity contribution in [3.8, 4) is 0 Å². The minimum atomic E-state index is -0.301. The van der Waals surface area contributed by atoms with Gasteiger partial charge in [-0.25, -0.2) is 0 Å². The molecule has 6 fully saturated rings. The molecule has 2 saturated heterocycles. The number of piperidine rings is 1. The lowest BCUT2D eigenvalue weighted by Gasteiger charge is -2.56. The maximum absolute atomic E-state index is 13.9. The molecule has 3 amide bonds. The zero-order chi connectivity index (χ0) is 23.3. The van der Waals surface area contributed by atoms with E-state index in [4.69, 9.17) is 4.42 Å². The predicted octanol–water partition coefficient (Wildman–Crippen LogP) is 3.34. The van der Waals surface area contributed by atoms with Crippen LogP contribution < -0.4 is 5.32 Å². The predicted molar refractivity (Wildman–Crippen MR) is 125 cm³/mol. The molecular formula is C27H37N3O4. The maximum atomic E-state index is 13.9. The molecule has 184 valence electrons. The van der Waals surface area contributed by atoms with Crippen molar-refractivity contribution in [1.82, 2.24) is 15.1 Å². The molecule has 1 atom stereocenters. The number of amides is 3. The first-order valence-corrected chi connectivity index (χ1v) is 13.4. The second-order valence-electron chi connectivity index (χ2n) is 11.8. The van der Waals surface area contributed by atoms with Gasteiger partial charge in [-0.1, -0.05) is 0 Å². The number of carbonyl (C=O) groups excluding carboxylic acids is 3. The summed E-state index contributed by atoms with van der Waals surface area (Å²) in [6.45, 7) is 2.30. The minimum absolute atomic E-state index is 0.0305. The van der Waals surface area contributed by atoms with Gasteiger partial charge < -0.3 is 19.5 Å². The van der Waals surface area contributed by atoms with Crippen molar-refractivity contribution < 1.29 is 18.8 Å². The van der Waals surface area contributed by atoms with Gasteiger partial charge in [0.1, 0.15) is 11.8 Å². The number of likely N-dealkylation sites (tertiary alicyclic amines) is 2. The lowest BCUT2D eigenvalue weighted by molar-refractivity contribution is -0.162. The van der Waals surface area contributed by atoms with Gasteiger partial charge in [-0.05, 0) is 94.1 Å². The second-order valence-corrected chi connectivity index (χ2v) is 11.8. The van der Waals surface area contributed by atoms with E-state index in [2.05, 4.69) is 5.32 Å². The van der Waals surface area contributed by atoms with Gasteiger partial charge in [0, 0.05) is 25.6 Å². The average Bonchev–Trinajstić information content (AvgIpc) is 3.53. The Balaban J connectivity index is 1.05. The van der Waals surface area contributed by atoms with Crippen LogP contribution in [0.25, 0.3) is 0 Å². The first-order chi connectivity index (χ1) is 16.5. The Labute approximate surface area is 201 Å². The van der Waals surface area contributed by atoms with Crippen LogP contribution in [0.4, 0.5) is 0 Å². The third-order valence-electron chi connectivity index (χ3n) is 9.49. The van der Waals surface area contributed by atoms with Gasteiger partial charge in [0.05, 0.1) is 18.2 Å². The molecule has 1 N–H and O–H groups in total. The summed E-state index contributed by atoms with van der Waals surface area (Å²) in [6, 6.07) is 3.36. The molecule has 4 bridgehead atoms. The summed E-state index contributed by atoms with van der Waals surface area (Å²) in [4.78, 5) is 43.9. The van der Waals surface area contributed by atoms with Crippen molar-refractivity contribution in [1.29, 1.82) is 0 Å². The zero-order valence-electron chi connectivity index (χ0n) is 20.0. The summed E-state index contributed by atoms with van der Waals surface area (Å²) in [5.41, 5.74) is -0.184. The van der Waals surface area contributed by atoms with Crippen LogP contribution in [0, 0.1) is 29.1 Å². The molecule has 7 rings (SSSR count). The molecule has 4 saturated carbocycles. The molecule has 3 heterocycles. The second kappa shape index (κ2) is 8.72. The van der Waals surface area contributed by atoms with Crippen molar-refractivity contribution in [2.75, 3.05) is 19.6 Å². The molecule has 1 aromatic rings. The normalized spacial score (nSPS) is 35.1. The van der Waals surface area contributed by atoms with Crippen molar-refractivity contribution >= 4 is 17.7 Å². The van der Waals surface area contributed by atoms with Crippen molar-refractivity contribution in [2.24, 2.45) is 29.1 Å². The summed E-state index contributed by atoms with van der Waals surface area (Å²) in [5.74, 6) is 3.26. The van der Waals surface area contributed by atoms with Crippen LogP contribution in [0.5, 0.6) is 0 Å². The Morgan fingerprint density at radius 2 is 1.65 bits per heavy atom. The van der Waals surface area contributed by atoms with Crippen LogP contribution in [0.15, 0.2) is 22.8 Å². The highest BCUT2D eigenvalue weighted by Gasteiger charge is 2.57. The van der Waals surface area contributed by atoms with E-state index in [1.807, 2.05) is 21.9 Å². The molecule has 6 aliphatic rings. The molecule has 1 aromatic heterocycles. The van der Waals surface area contributed by atoms with Crippen LogP contribution in [-0.2, 0) is 20.9 Å². The topological polar surface area (TPSA) is 82.9 Å². The van der Waals surface area contributed by atoms with E-state index in [9.17, 15) is 14.4 Å². The summed E-state index contributed by atoms with van der Waals surface area (Å²) in [6.07, 6.45) is 11.7. The number of rotatable bonds is 5. The maximum Gasteiger partial charge on any atom is 0.245 e. The standard InChI is InChI=1S/C27H37N3O4/c31-24(28-17-22-3-2-10-34-22)21-5-8-29(9-6-21)25(32)23-4-1-7-30(23)26(33)27-14-18-11-19(15-27)13-20(12-18)16-27/h2-3,10,18-21,23H,1,4-9,11-17H2,(H,28,31). The van der Waals surface area contributed by atoms with Crippen LogP contribution in [0.1, 0.15) is 70.0 Å². The summed E-state index contributed by atoms with van der Waals surface area (Å²) in [5, 5.41) is 2.95. The van der Waals surface area contributed by atoms with Gasteiger partial charge in [-0.2, -0.15) is 0 Å². The number of hydrogen-bond donors (Lipinski definition) is 1. The van der Waals surface area contributed by atoms with Crippen LogP contribution in [0.3, 0.4) is 0 Å². The Bertz CT molecular complexity index is 898. The smallest absolute Gasteiger partial charge is 0.245 e. The van der Waals surface area contributed by atoms with Gasteiger partial charge in [0.15, 0.2) is 0 Å². The van der Waals surface area contributed by atoms with Crippen molar-refractivity contribution in [2.45, 2.75) is 76.8 Å². The van der Waals surface area contributed by atoms with Gasteiger partial charge in [-0.3, -0.25) is 14.4 Å². The number of nitrogens with one attached hydrogen (secondary N) is 1. The summed E-state index contributed by atoms with van der Waals surface area (Å²) >= 11 is 0. The Kier molecular flexibility index (Phi) is 5.69. The number of hydrogen-bond acceptors (Lipinski definition) is 4. The van der Waals surface area contributed by atoms with Gasteiger partial charge in [0.2, 0.25) is 17.7 Å². The Morgan fingerprint density at radius 1 is 0.971 bits per heavy atom. The number of furan rings is 1. The van der Waals surface area contributed by atoms with Gasteiger partial charge in [0.25, 0.3) is 0 Å². The van der Waals surface area contributed by atoms with Crippen molar-refractivity contribution in [3.63, 3.8) is 0 Å². The number of nitrogens with zero attached hydrogens (tertiary/aromatic N) is 2. The highest BCUT2D eigenvalue weighted by molar-refractivity contribution is 5.91. The van der Waals surface area contributed by atoms with E-state index >= 15 is 0 Å². The molecule has 7 nitrogen and oxygen atoms in total. The lowest BCUT2D eigenvalue weighted by Crippen LogP contribution is -2.58. The van der Waals surface area contributed by atoms with Crippen LogP contribution >= 0.6 is 0 Å². The molecule has 0 spiro atoms. The van der Waals surface area contributed by atoms with Gasteiger partial charge in [-0.15, -0.1) is 0 Å². The highest BCUT2D eigenvalue weighted by Crippen LogP contribution is 2.60. The quantitative estimate of drug-likeness (QED) is 0.720. The Hall–Kier alpha value is -2.31. The first kappa shape index (κ1) is 22.2. The van der Waals surface area contributed by atoms with E-state index in [-0.39, 0.29) is 35.1 Å². The van der Waals surface area contributed by atoms with E-state index in [0.717, 1.165) is 62.2 Å². The number of carbonyl (C=O) groups is 3. The Morgan fingerprint density at radius 3 is 2.26 bits per heavy atom. The third kappa shape index (κ3) is 3.95. The fourth-order valence-electron chi connectivity index (χ4n) is 8.25. The first-order valence-electron chi connectivity index (χ1n) is 13.4. The molecule has 1 unspecified atom stereocenters. The summed E-state index contributed by atoms with van der Waals surface area (Å²) < 4.78 is 5.28. The fourth-order valence-corrected chi connectivity index (χ4v) is 8.25. The minimum Gasteiger partial charge on any atom is -0.467 e. The molecule has 7 heteroatoms. The van der Waals surface area contributed by atoms with E-state index in [1.54, 1.807) is 6.26 Å². The summed E-state index contributed by atoms with van der Waals surface area (Å²) in [7, 11) is 0. The molecular weight excluding hydrogens is 430 g/mol.